The number of halogens is 1. The van der Waals surface area contributed by atoms with Crippen molar-refractivity contribution in [1.82, 2.24) is 0 Å². The number of hydrogen-bond donors (Lipinski definition) is 0. The molecule has 0 radical (unpaired) electrons. The van der Waals surface area contributed by atoms with Gasteiger partial charge in [-0.2, -0.15) is 8.42 Å². The number of anilines is 1. The summed E-state index contributed by atoms with van der Waals surface area (Å²) in [6.07, 6.45) is 1.00. The van der Waals surface area contributed by atoms with Crippen LogP contribution in [0.2, 0.25) is 0 Å². The molecule has 16 heavy (non-hydrogen) atoms. The van der Waals surface area contributed by atoms with Crippen LogP contribution in [0.4, 0.5) is 10.1 Å². The lowest BCUT2D eigenvalue weighted by Gasteiger charge is -2.18. The van der Waals surface area contributed by atoms with Crippen LogP contribution in [0.1, 0.15) is 0 Å². The van der Waals surface area contributed by atoms with Gasteiger partial charge in [-0.25, -0.2) is 4.39 Å². The maximum atomic E-state index is 12.6. The van der Waals surface area contributed by atoms with Crippen LogP contribution in [-0.2, 0) is 14.3 Å². The van der Waals surface area contributed by atoms with Gasteiger partial charge in [0.25, 0.3) is 10.1 Å². The van der Waals surface area contributed by atoms with Crippen LogP contribution in [0.3, 0.4) is 0 Å². The van der Waals surface area contributed by atoms with E-state index < -0.39 is 10.1 Å². The van der Waals surface area contributed by atoms with E-state index >= 15 is 0 Å². The Morgan fingerprint density at radius 1 is 1.31 bits per heavy atom. The highest BCUT2D eigenvalue weighted by molar-refractivity contribution is 7.85. The highest BCUT2D eigenvalue weighted by Gasteiger charge is 2.04. The number of likely N-dealkylation sites (N-methyl/N-ethyl adjacent to an activating group) is 1. The molecule has 0 aromatic heterocycles. The molecule has 0 amide bonds. The summed E-state index contributed by atoms with van der Waals surface area (Å²) in [6.45, 7) is 0.491. The molecule has 90 valence electrons. The first kappa shape index (κ1) is 12.9. The first-order chi connectivity index (χ1) is 7.38. The predicted molar refractivity (Wildman–Crippen MR) is 60.5 cm³/mol. The molecule has 0 saturated heterocycles. The van der Waals surface area contributed by atoms with Crippen molar-refractivity contribution in [3.05, 3.63) is 30.1 Å². The van der Waals surface area contributed by atoms with Gasteiger partial charge >= 0.3 is 0 Å². The first-order valence-corrected chi connectivity index (χ1v) is 6.51. The monoisotopic (exact) mass is 247 g/mol. The van der Waals surface area contributed by atoms with Crippen molar-refractivity contribution < 1.29 is 17.0 Å². The molecule has 1 rings (SSSR count). The fourth-order valence-corrected chi connectivity index (χ4v) is 1.53. The Morgan fingerprint density at radius 3 is 2.38 bits per heavy atom. The maximum absolute atomic E-state index is 12.6. The smallest absolute Gasteiger partial charge is 0.264 e. The van der Waals surface area contributed by atoms with Crippen LogP contribution in [0, 0.1) is 5.82 Å². The molecule has 0 bridgehead atoms. The average molecular weight is 247 g/mol. The van der Waals surface area contributed by atoms with Crippen LogP contribution in [0.5, 0.6) is 0 Å². The molecular formula is C10H14FNO3S. The first-order valence-electron chi connectivity index (χ1n) is 4.69. The van der Waals surface area contributed by atoms with E-state index in [1.165, 1.54) is 12.1 Å². The largest absolute Gasteiger partial charge is 0.372 e. The maximum Gasteiger partial charge on any atom is 0.264 e. The number of benzene rings is 1. The number of nitrogens with zero attached hydrogens (tertiary/aromatic N) is 1. The van der Waals surface area contributed by atoms with Crippen LogP contribution in [0.15, 0.2) is 24.3 Å². The zero-order chi connectivity index (χ0) is 12.2. The molecule has 0 aliphatic heterocycles. The van der Waals surface area contributed by atoms with E-state index in [-0.39, 0.29) is 12.4 Å². The fourth-order valence-electron chi connectivity index (χ4n) is 1.15. The van der Waals surface area contributed by atoms with E-state index in [2.05, 4.69) is 4.18 Å². The lowest BCUT2D eigenvalue weighted by atomic mass is 10.3. The molecule has 0 aliphatic rings. The Labute approximate surface area is 94.8 Å². The molecule has 0 unspecified atom stereocenters. The van der Waals surface area contributed by atoms with Crippen molar-refractivity contribution >= 4 is 15.8 Å². The minimum atomic E-state index is -3.40. The Hall–Kier alpha value is -1.14. The van der Waals surface area contributed by atoms with Crippen molar-refractivity contribution in [2.24, 2.45) is 0 Å². The van der Waals surface area contributed by atoms with E-state index in [9.17, 15) is 12.8 Å². The van der Waals surface area contributed by atoms with Gasteiger partial charge in [0, 0.05) is 19.3 Å². The summed E-state index contributed by atoms with van der Waals surface area (Å²) in [5, 5.41) is 0. The summed E-state index contributed by atoms with van der Waals surface area (Å²) in [5.41, 5.74) is 0.804. The SMILES string of the molecule is CN(CCOS(C)(=O)=O)c1ccc(F)cc1. The third-order valence-electron chi connectivity index (χ3n) is 1.99. The molecule has 0 aliphatic carbocycles. The second-order valence-electron chi connectivity index (χ2n) is 3.42. The van der Waals surface area contributed by atoms with Crippen molar-refractivity contribution in [2.45, 2.75) is 0 Å². The van der Waals surface area contributed by atoms with Crippen molar-refractivity contribution in [2.75, 3.05) is 31.4 Å². The zero-order valence-electron chi connectivity index (χ0n) is 9.18. The van der Waals surface area contributed by atoms with Gasteiger partial charge in [-0.05, 0) is 24.3 Å². The molecule has 0 atom stereocenters. The molecule has 1 aromatic carbocycles. The molecule has 1 aromatic rings. The highest BCUT2D eigenvalue weighted by atomic mass is 32.2. The summed E-state index contributed by atoms with van der Waals surface area (Å²) in [4.78, 5) is 1.78. The second-order valence-corrected chi connectivity index (χ2v) is 5.07. The molecule has 0 N–H and O–H groups in total. The van der Waals surface area contributed by atoms with Crippen LogP contribution in [-0.4, -0.2) is 34.9 Å². The lowest BCUT2D eigenvalue weighted by molar-refractivity contribution is 0.329. The third kappa shape index (κ3) is 4.59. The molecule has 0 heterocycles. The summed E-state index contributed by atoms with van der Waals surface area (Å²) < 4.78 is 38.6. The summed E-state index contributed by atoms with van der Waals surface area (Å²) >= 11 is 0. The minimum Gasteiger partial charge on any atom is -0.372 e. The average Bonchev–Trinajstić information content (AvgIpc) is 2.16. The molecule has 6 heteroatoms. The van der Waals surface area contributed by atoms with Gasteiger partial charge < -0.3 is 4.90 Å². The van der Waals surface area contributed by atoms with E-state index in [1.807, 2.05) is 0 Å². The van der Waals surface area contributed by atoms with Gasteiger partial charge in [-0.1, -0.05) is 0 Å². The predicted octanol–water partition coefficient (Wildman–Crippen LogP) is 1.24. The van der Waals surface area contributed by atoms with E-state index in [0.717, 1.165) is 11.9 Å². The molecule has 0 fully saturated rings. The Bertz CT molecular complexity index is 430. The van der Waals surface area contributed by atoms with E-state index in [4.69, 9.17) is 0 Å². The summed E-state index contributed by atoms with van der Waals surface area (Å²) in [6, 6.07) is 5.94. The topological polar surface area (TPSA) is 46.6 Å². The van der Waals surface area contributed by atoms with Gasteiger partial charge in [-0.15, -0.1) is 0 Å². The van der Waals surface area contributed by atoms with Crippen molar-refractivity contribution in [3.63, 3.8) is 0 Å². The van der Waals surface area contributed by atoms with E-state index in [0.29, 0.717) is 6.54 Å². The molecule has 0 spiro atoms. The zero-order valence-corrected chi connectivity index (χ0v) is 10.00. The van der Waals surface area contributed by atoms with E-state index in [1.54, 1.807) is 24.1 Å². The molecule has 4 nitrogen and oxygen atoms in total. The number of rotatable bonds is 5. The highest BCUT2D eigenvalue weighted by Crippen LogP contribution is 2.12. The molecule has 0 saturated carbocycles. The lowest BCUT2D eigenvalue weighted by Crippen LogP contribution is -2.23. The van der Waals surface area contributed by atoms with Crippen LogP contribution >= 0.6 is 0 Å². The van der Waals surface area contributed by atoms with Gasteiger partial charge in [0.2, 0.25) is 0 Å². The van der Waals surface area contributed by atoms with Gasteiger partial charge in [0.15, 0.2) is 0 Å². The van der Waals surface area contributed by atoms with Gasteiger partial charge in [-0.3, -0.25) is 4.18 Å². The Kier molecular flexibility index (Phi) is 4.26. The van der Waals surface area contributed by atoms with Crippen LogP contribution in [0.25, 0.3) is 0 Å². The summed E-state index contributed by atoms with van der Waals surface area (Å²) in [7, 11) is -1.62. The Morgan fingerprint density at radius 2 is 1.88 bits per heavy atom. The second kappa shape index (κ2) is 5.27. The van der Waals surface area contributed by atoms with Crippen molar-refractivity contribution in [1.29, 1.82) is 0 Å². The van der Waals surface area contributed by atoms with Crippen LogP contribution < -0.4 is 4.90 Å². The third-order valence-corrected chi connectivity index (χ3v) is 2.59. The standard InChI is InChI=1S/C10H14FNO3S/c1-12(7-8-15-16(2,13)14)10-5-3-9(11)4-6-10/h3-6H,7-8H2,1-2H3. The normalized spacial score (nSPS) is 11.4. The Balaban J connectivity index is 2.47. The van der Waals surface area contributed by atoms with Gasteiger partial charge in [0.1, 0.15) is 5.82 Å². The van der Waals surface area contributed by atoms with Crippen molar-refractivity contribution in [3.8, 4) is 0 Å². The quantitative estimate of drug-likeness (QED) is 0.734. The fraction of sp³-hybridized carbons (Fsp3) is 0.400. The minimum absolute atomic E-state index is 0.0761. The molecular weight excluding hydrogens is 233 g/mol. The van der Waals surface area contributed by atoms with Gasteiger partial charge in [0.05, 0.1) is 12.9 Å². The number of hydrogen-bond acceptors (Lipinski definition) is 4. The summed E-state index contributed by atoms with van der Waals surface area (Å²) in [5.74, 6) is -0.301.